The van der Waals surface area contributed by atoms with Crippen LogP contribution in [0.5, 0.6) is 11.6 Å². The van der Waals surface area contributed by atoms with Gasteiger partial charge in [-0.2, -0.15) is 5.10 Å². The lowest BCUT2D eigenvalue weighted by molar-refractivity contribution is 0.117. The minimum Gasteiger partial charge on any atom is -0.439 e. The van der Waals surface area contributed by atoms with Gasteiger partial charge in [-0.25, -0.2) is 4.68 Å². The van der Waals surface area contributed by atoms with Gasteiger partial charge in [0.25, 0.3) is 0 Å². The number of aromatic nitrogens is 2. The average molecular weight is 442 g/mol. The summed E-state index contributed by atoms with van der Waals surface area (Å²) in [5.74, 6) is 1.48. The van der Waals surface area contributed by atoms with Crippen LogP contribution in [-0.2, 0) is 19.5 Å². The van der Waals surface area contributed by atoms with E-state index in [2.05, 4.69) is 24.0 Å². The third-order valence-corrected chi connectivity index (χ3v) is 5.47. The summed E-state index contributed by atoms with van der Waals surface area (Å²) in [7, 11) is 0. The number of aryl methyl sites for hydroxylation is 1. The van der Waals surface area contributed by atoms with Crippen molar-refractivity contribution in [3.05, 3.63) is 108 Å². The van der Waals surface area contributed by atoms with E-state index in [1.165, 1.54) is 5.56 Å². The van der Waals surface area contributed by atoms with Crippen LogP contribution < -0.4 is 4.74 Å². The van der Waals surface area contributed by atoms with E-state index in [1.54, 1.807) is 0 Å². The number of hydrogen-bond acceptors (Lipinski definition) is 4. The fourth-order valence-corrected chi connectivity index (χ4v) is 3.99. The van der Waals surface area contributed by atoms with Crippen LogP contribution in [0.25, 0.3) is 5.69 Å². The Labute approximate surface area is 195 Å². The molecule has 1 heterocycles. The molecular formula is C28H31N3O2. The zero-order valence-electron chi connectivity index (χ0n) is 19.3. The first-order valence-corrected chi connectivity index (χ1v) is 11.5. The molecule has 0 saturated heterocycles. The van der Waals surface area contributed by atoms with E-state index in [4.69, 9.17) is 9.84 Å². The summed E-state index contributed by atoms with van der Waals surface area (Å²) in [6.07, 6.45) is 0.343. The molecule has 0 radical (unpaired) electrons. The van der Waals surface area contributed by atoms with Crippen LogP contribution in [0.3, 0.4) is 0 Å². The highest BCUT2D eigenvalue weighted by molar-refractivity contribution is 5.43. The number of ether oxygens (including phenoxy) is 1. The summed E-state index contributed by atoms with van der Waals surface area (Å²) in [5.41, 5.74) is 4.20. The van der Waals surface area contributed by atoms with Gasteiger partial charge in [0.05, 0.1) is 23.0 Å². The number of hydrogen-bond donors (Lipinski definition) is 1. The van der Waals surface area contributed by atoms with Gasteiger partial charge in [0, 0.05) is 19.6 Å². The van der Waals surface area contributed by atoms with Gasteiger partial charge in [-0.15, -0.1) is 0 Å². The standard InChI is InChI=1S/C28H31N3O2/c1-3-27-26(21-30(19-22(2)32)20-23-13-7-4-8-14-23)28(33-25-17-11-6-12-18-25)31(29-27)24-15-9-5-10-16-24/h4-18,22,32H,3,19-21H2,1-2H3. The first-order chi connectivity index (χ1) is 16.1. The van der Waals surface area contributed by atoms with Crippen molar-refractivity contribution in [1.29, 1.82) is 0 Å². The number of benzene rings is 3. The SMILES string of the molecule is CCc1nn(-c2ccccc2)c(Oc2ccccc2)c1CN(Cc1ccccc1)CC(C)O. The Hall–Kier alpha value is -3.41. The van der Waals surface area contributed by atoms with E-state index < -0.39 is 6.10 Å². The van der Waals surface area contributed by atoms with Gasteiger partial charge in [-0.3, -0.25) is 4.90 Å². The van der Waals surface area contributed by atoms with E-state index in [0.29, 0.717) is 19.0 Å². The lowest BCUT2D eigenvalue weighted by atomic mass is 10.1. The van der Waals surface area contributed by atoms with Crippen molar-refractivity contribution in [2.45, 2.75) is 39.5 Å². The fraction of sp³-hybridized carbons (Fsp3) is 0.250. The van der Waals surface area contributed by atoms with E-state index in [-0.39, 0.29) is 0 Å². The molecule has 0 saturated carbocycles. The summed E-state index contributed by atoms with van der Waals surface area (Å²) in [6, 6.07) is 30.2. The summed E-state index contributed by atoms with van der Waals surface area (Å²) in [4.78, 5) is 2.25. The van der Waals surface area contributed by atoms with Crippen LogP contribution in [-0.4, -0.2) is 32.4 Å². The van der Waals surface area contributed by atoms with Crippen molar-refractivity contribution < 1.29 is 9.84 Å². The maximum Gasteiger partial charge on any atom is 0.227 e. The summed E-state index contributed by atoms with van der Waals surface area (Å²) in [5, 5.41) is 15.1. The second-order valence-corrected chi connectivity index (χ2v) is 8.25. The van der Waals surface area contributed by atoms with Crippen LogP contribution in [0.15, 0.2) is 91.0 Å². The largest absolute Gasteiger partial charge is 0.439 e. The molecule has 0 amide bonds. The molecule has 1 unspecified atom stereocenters. The smallest absolute Gasteiger partial charge is 0.227 e. The van der Waals surface area contributed by atoms with Gasteiger partial charge >= 0.3 is 0 Å². The fourth-order valence-electron chi connectivity index (χ4n) is 3.99. The van der Waals surface area contributed by atoms with E-state index in [9.17, 15) is 5.11 Å². The van der Waals surface area contributed by atoms with Gasteiger partial charge in [0.2, 0.25) is 5.88 Å². The molecule has 0 aliphatic rings. The third-order valence-electron chi connectivity index (χ3n) is 5.47. The minimum atomic E-state index is -0.443. The molecule has 0 aliphatic heterocycles. The predicted molar refractivity (Wildman–Crippen MR) is 132 cm³/mol. The van der Waals surface area contributed by atoms with Crippen LogP contribution in [0.2, 0.25) is 0 Å². The molecule has 4 aromatic rings. The second-order valence-electron chi connectivity index (χ2n) is 8.25. The Kier molecular flexibility index (Phi) is 7.55. The maximum atomic E-state index is 10.2. The molecular weight excluding hydrogens is 410 g/mol. The van der Waals surface area contributed by atoms with Gasteiger partial charge in [0.1, 0.15) is 5.75 Å². The molecule has 0 fully saturated rings. The Morgan fingerprint density at radius 3 is 2.09 bits per heavy atom. The quantitative estimate of drug-likeness (QED) is 0.348. The van der Waals surface area contributed by atoms with Gasteiger partial charge < -0.3 is 9.84 Å². The predicted octanol–water partition coefficient (Wildman–Crippen LogP) is 5.61. The summed E-state index contributed by atoms with van der Waals surface area (Å²) in [6.45, 7) is 5.85. The molecule has 0 bridgehead atoms. The van der Waals surface area contributed by atoms with Crippen molar-refractivity contribution in [2.24, 2.45) is 0 Å². The number of aliphatic hydroxyl groups excluding tert-OH is 1. The molecule has 5 nitrogen and oxygen atoms in total. The highest BCUT2D eigenvalue weighted by Gasteiger charge is 2.23. The van der Waals surface area contributed by atoms with Gasteiger partial charge in [-0.1, -0.05) is 73.7 Å². The first kappa shape index (κ1) is 22.8. The van der Waals surface area contributed by atoms with Gasteiger partial charge in [-0.05, 0) is 43.2 Å². The number of aliphatic hydroxyl groups is 1. The van der Waals surface area contributed by atoms with Crippen molar-refractivity contribution in [2.75, 3.05) is 6.54 Å². The van der Waals surface area contributed by atoms with E-state index >= 15 is 0 Å². The average Bonchev–Trinajstić information content (AvgIpc) is 3.17. The van der Waals surface area contributed by atoms with Crippen molar-refractivity contribution in [3.63, 3.8) is 0 Å². The Morgan fingerprint density at radius 1 is 0.879 bits per heavy atom. The molecule has 5 heteroatoms. The van der Waals surface area contributed by atoms with Crippen molar-refractivity contribution in [3.8, 4) is 17.3 Å². The van der Waals surface area contributed by atoms with Crippen molar-refractivity contribution in [1.82, 2.24) is 14.7 Å². The number of para-hydroxylation sites is 2. The van der Waals surface area contributed by atoms with Gasteiger partial charge in [0.15, 0.2) is 0 Å². The second kappa shape index (κ2) is 10.9. The molecule has 1 atom stereocenters. The van der Waals surface area contributed by atoms with E-state index in [1.807, 2.05) is 90.5 Å². The zero-order valence-corrected chi connectivity index (χ0v) is 19.3. The summed E-state index contributed by atoms with van der Waals surface area (Å²) < 4.78 is 8.34. The molecule has 3 aromatic carbocycles. The maximum absolute atomic E-state index is 10.2. The number of nitrogens with zero attached hydrogens (tertiary/aromatic N) is 3. The molecule has 1 N–H and O–H groups in total. The Morgan fingerprint density at radius 2 is 1.48 bits per heavy atom. The number of rotatable bonds is 10. The zero-order chi connectivity index (χ0) is 23.0. The van der Waals surface area contributed by atoms with Crippen molar-refractivity contribution >= 4 is 0 Å². The molecule has 33 heavy (non-hydrogen) atoms. The first-order valence-electron chi connectivity index (χ1n) is 11.5. The highest BCUT2D eigenvalue weighted by Crippen LogP contribution is 2.32. The topological polar surface area (TPSA) is 50.5 Å². The summed E-state index contributed by atoms with van der Waals surface area (Å²) >= 11 is 0. The van der Waals surface area contributed by atoms with Crippen LogP contribution >= 0.6 is 0 Å². The molecule has 170 valence electrons. The Balaban J connectivity index is 1.75. The molecule has 1 aromatic heterocycles. The van der Waals surface area contributed by atoms with Crippen LogP contribution in [0.1, 0.15) is 30.7 Å². The third kappa shape index (κ3) is 5.89. The molecule has 4 rings (SSSR count). The lowest BCUT2D eigenvalue weighted by Gasteiger charge is -2.24. The molecule has 0 aliphatic carbocycles. The van der Waals surface area contributed by atoms with Crippen LogP contribution in [0.4, 0.5) is 0 Å². The highest BCUT2D eigenvalue weighted by atomic mass is 16.5. The Bertz CT molecular complexity index is 1130. The lowest BCUT2D eigenvalue weighted by Crippen LogP contribution is -2.30. The molecule has 0 spiro atoms. The monoisotopic (exact) mass is 441 g/mol. The minimum absolute atomic E-state index is 0.443. The van der Waals surface area contributed by atoms with Crippen LogP contribution in [0, 0.1) is 0 Å². The van der Waals surface area contributed by atoms with E-state index in [0.717, 1.165) is 35.7 Å². The normalized spacial score (nSPS) is 12.1.